The Morgan fingerprint density at radius 3 is 2.75 bits per heavy atom. The van der Waals surface area contributed by atoms with Crippen molar-refractivity contribution in [1.29, 1.82) is 0 Å². The van der Waals surface area contributed by atoms with Crippen LogP contribution in [0.1, 0.15) is 58.1 Å². The molecular formula is C21H29N3O4. The van der Waals surface area contributed by atoms with Crippen LogP contribution in [0.15, 0.2) is 18.3 Å². The second kappa shape index (κ2) is 7.03. The summed E-state index contributed by atoms with van der Waals surface area (Å²) < 4.78 is 11.1. The number of carbonyl (C=O) groups excluding carboxylic acids is 2. The van der Waals surface area contributed by atoms with Crippen molar-refractivity contribution >= 4 is 17.8 Å². The van der Waals surface area contributed by atoms with Crippen molar-refractivity contribution in [3.63, 3.8) is 0 Å². The summed E-state index contributed by atoms with van der Waals surface area (Å²) in [7, 11) is 0. The monoisotopic (exact) mass is 387 g/mol. The molecule has 3 fully saturated rings. The second-order valence-corrected chi connectivity index (χ2v) is 9.10. The number of likely N-dealkylation sites (tertiary alicyclic amines) is 1. The number of anilines is 1. The lowest BCUT2D eigenvalue weighted by Crippen LogP contribution is -2.40. The predicted molar refractivity (Wildman–Crippen MR) is 104 cm³/mol. The zero-order valence-corrected chi connectivity index (χ0v) is 16.9. The van der Waals surface area contributed by atoms with E-state index < -0.39 is 11.0 Å². The third-order valence-corrected chi connectivity index (χ3v) is 5.96. The van der Waals surface area contributed by atoms with Crippen molar-refractivity contribution in [2.75, 3.05) is 31.2 Å². The highest BCUT2D eigenvalue weighted by Crippen LogP contribution is 2.38. The Kier molecular flexibility index (Phi) is 4.81. The van der Waals surface area contributed by atoms with E-state index in [2.05, 4.69) is 4.98 Å². The zero-order valence-electron chi connectivity index (χ0n) is 16.9. The van der Waals surface area contributed by atoms with Crippen LogP contribution in [0.25, 0.3) is 0 Å². The summed E-state index contributed by atoms with van der Waals surface area (Å²) in [5.74, 6) is 0.760. The molecule has 7 heteroatoms. The van der Waals surface area contributed by atoms with Crippen LogP contribution >= 0.6 is 0 Å². The Labute approximate surface area is 166 Å². The van der Waals surface area contributed by atoms with Crippen molar-refractivity contribution in [3.8, 4) is 0 Å². The first-order valence-electron chi connectivity index (χ1n) is 10.1. The van der Waals surface area contributed by atoms with E-state index in [4.69, 9.17) is 9.47 Å². The van der Waals surface area contributed by atoms with E-state index in [1.807, 2.05) is 37.8 Å². The first kappa shape index (κ1) is 19.2. The summed E-state index contributed by atoms with van der Waals surface area (Å²) in [5, 5.41) is 0. The van der Waals surface area contributed by atoms with Gasteiger partial charge in [-0.1, -0.05) is 20.8 Å². The van der Waals surface area contributed by atoms with Gasteiger partial charge in [-0.15, -0.1) is 0 Å². The van der Waals surface area contributed by atoms with Gasteiger partial charge in [-0.25, -0.2) is 9.78 Å². The van der Waals surface area contributed by atoms with Crippen LogP contribution in [-0.2, 0) is 14.3 Å². The number of rotatable bonds is 2. The van der Waals surface area contributed by atoms with Gasteiger partial charge in [0.25, 0.3) is 0 Å². The fourth-order valence-corrected chi connectivity index (χ4v) is 4.38. The molecule has 1 atom stereocenters. The minimum absolute atomic E-state index is 0.0316. The molecule has 3 aliphatic rings. The van der Waals surface area contributed by atoms with Gasteiger partial charge in [0, 0.05) is 31.0 Å². The van der Waals surface area contributed by atoms with Gasteiger partial charge in [0.2, 0.25) is 5.91 Å². The summed E-state index contributed by atoms with van der Waals surface area (Å²) in [6.07, 6.45) is 4.72. The van der Waals surface area contributed by atoms with Gasteiger partial charge in [-0.2, -0.15) is 0 Å². The molecule has 1 aromatic rings. The fraction of sp³-hybridized carbons (Fsp3) is 0.667. The molecule has 3 aliphatic heterocycles. The molecule has 0 radical (unpaired) electrons. The highest BCUT2D eigenvalue weighted by atomic mass is 16.6. The molecule has 1 spiro atoms. The topological polar surface area (TPSA) is 72.0 Å². The first-order valence-corrected chi connectivity index (χ1v) is 10.1. The second-order valence-electron chi connectivity index (χ2n) is 9.10. The molecule has 0 aromatic carbocycles. The number of aromatic nitrogens is 1. The number of nitrogens with zero attached hydrogens (tertiary/aromatic N) is 3. The third-order valence-electron chi connectivity index (χ3n) is 5.96. The number of carbonyl (C=O) groups is 2. The minimum atomic E-state index is -0.464. The van der Waals surface area contributed by atoms with E-state index in [0.29, 0.717) is 38.4 Å². The zero-order chi connectivity index (χ0) is 19.9. The van der Waals surface area contributed by atoms with Gasteiger partial charge in [0.05, 0.1) is 25.8 Å². The molecule has 28 heavy (non-hydrogen) atoms. The lowest BCUT2D eigenvalue weighted by Gasteiger charge is -2.31. The lowest BCUT2D eigenvalue weighted by atomic mass is 9.93. The predicted octanol–water partition coefficient (Wildman–Crippen LogP) is 3.30. The summed E-state index contributed by atoms with van der Waals surface area (Å²) in [4.78, 5) is 33.4. The summed E-state index contributed by atoms with van der Waals surface area (Å²) in [5.41, 5.74) is 0.155. The molecule has 1 aromatic heterocycles. The van der Waals surface area contributed by atoms with Crippen LogP contribution in [0.2, 0.25) is 0 Å². The van der Waals surface area contributed by atoms with Crippen LogP contribution in [0, 0.1) is 5.41 Å². The molecule has 3 saturated heterocycles. The van der Waals surface area contributed by atoms with Gasteiger partial charge in [-0.3, -0.25) is 9.69 Å². The van der Waals surface area contributed by atoms with Crippen LogP contribution in [0.3, 0.4) is 0 Å². The average Bonchev–Trinajstić information content (AvgIpc) is 3.26. The highest BCUT2D eigenvalue weighted by molar-refractivity contribution is 5.89. The molecule has 7 nitrogen and oxygen atoms in total. The van der Waals surface area contributed by atoms with Crippen molar-refractivity contribution in [1.82, 2.24) is 9.88 Å². The van der Waals surface area contributed by atoms with Crippen molar-refractivity contribution in [2.24, 2.45) is 5.41 Å². The SMILES string of the molecule is CC(C)(C)C(=O)N1CCC[C@@H]1c1ccnc(N2CC3(CCOCC3)OC2=O)c1. The molecule has 4 heterocycles. The normalized spacial score (nSPS) is 24.7. The maximum Gasteiger partial charge on any atom is 0.416 e. The van der Waals surface area contributed by atoms with Crippen LogP contribution in [-0.4, -0.2) is 53.8 Å². The third kappa shape index (κ3) is 3.48. The van der Waals surface area contributed by atoms with Crippen molar-refractivity contribution < 1.29 is 19.1 Å². The highest BCUT2D eigenvalue weighted by Gasteiger charge is 2.47. The quantitative estimate of drug-likeness (QED) is 0.779. The average molecular weight is 387 g/mol. The number of ether oxygens (including phenoxy) is 2. The van der Waals surface area contributed by atoms with E-state index >= 15 is 0 Å². The molecule has 0 bridgehead atoms. The Hall–Kier alpha value is -2.15. The van der Waals surface area contributed by atoms with Crippen molar-refractivity contribution in [3.05, 3.63) is 23.9 Å². The number of amides is 2. The molecule has 2 amide bonds. The first-order chi connectivity index (χ1) is 13.3. The largest absolute Gasteiger partial charge is 0.440 e. The number of hydrogen-bond acceptors (Lipinski definition) is 5. The number of hydrogen-bond donors (Lipinski definition) is 0. The van der Waals surface area contributed by atoms with E-state index in [1.54, 1.807) is 11.1 Å². The van der Waals surface area contributed by atoms with Gasteiger partial charge >= 0.3 is 6.09 Å². The Balaban J connectivity index is 1.56. The summed E-state index contributed by atoms with van der Waals surface area (Å²) in [6, 6.07) is 3.93. The molecular weight excluding hydrogens is 358 g/mol. The summed E-state index contributed by atoms with van der Waals surface area (Å²) >= 11 is 0. The van der Waals surface area contributed by atoms with Gasteiger partial charge in [0.15, 0.2) is 0 Å². The molecule has 0 unspecified atom stereocenters. The summed E-state index contributed by atoms with van der Waals surface area (Å²) in [6.45, 7) is 8.36. The van der Waals surface area contributed by atoms with Gasteiger partial charge in [0.1, 0.15) is 11.4 Å². The van der Waals surface area contributed by atoms with E-state index in [9.17, 15) is 9.59 Å². The van der Waals surface area contributed by atoms with Crippen LogP contribution in [0.4, 0.5) is 10.6 Å². The maximum atomic E-state index is 12.9. The lowest BCUT2D eigenvalue weighted by molar-refractivity contribution is -0.140. The Morgan fingerprint density at radius 2 is 2.04 bits per heavy atom. The standard InChI is InChI=1S/C21H29N3O4/c1-20(2,3)18(25)23-10-4-5-16(23)15-6-9-22-17(13-15)24-14-21(28-19(24)26)7-11-27-12-8-21/h6,9,13,16H,4-5,7-8,10-12,14H2,1-3H3/t16-/m1/s1. The van der Waals surface area contributed by atoms with E-state index in [-0.39, 0.29) is 18.0 Å². The maximum absolute atomic E-state index is 12.9. The molecule has 0 N–H and O–H groups in total. The van der Waals surface area contributed by atoms with Crippen molar-refractivity contribution in [2.45, 2.75) is 58.1 Å². The Bertz CT molecular complexity index is 767. The molecule has 0 aliphatic carbocycles. The van der Waals surface area contributed by atoms with Crippen LogP contribution < -0.4 is 4.90 Å². The van der Waals surface area contributed by atoms with Crippen LogP contribution in [0.5, 0.6) is 0 Å². The molecule has 4 rings (SSSR count). The molecule has 0 saturated carbocycles. The van der Waals surface area contributed by atoms with Gasteiger partial charge < -0.3 is 14.4 Å². The van der Waals surface area contributed by atoms with E-state index in [0.717, 1.165) is 24.9 Å². The number of pyridine rings is 1. The smallest absolute Gasteiger partial charge is 0.416 e. The Morgan fingerprint density at radius 1 is 1.29 bits per heavy atom. The fourth-order valence-electron chi connectivity index (χ4n) is 4.38. The van der Waals surface area contributed by atoms with E-state index in [1.165, 1.54) is 0 Å². The minimum Gasteiger partial charge on any atom is -0.440 e. The van der Waals surface area contributed by atoms with Gasteiger partial charge in [-0.05, 0) is 30.5 Å². The molecule has 152 valence electrons.